The zero-order valence-corrected chi connectivity index (χ0v) is 14.1. The minimum Gasteiger partial charge on any atom is -0.489 e. The van der Waals surface area contributed by atoms with Gasteiger partial charge in [0, 0.05) is 12.1 Å². The van der Waals surface area contributed by atoms with Crippen molar-refractivity contribution < 1.29 is 14.6 Å². The first kappa shape index (κ1) is 16.4. The Labute approximate surface area is 150 Å². The van der Waals surface area contributed by atoms with E-state index in [4.69, 9.17) is 4.74 Å². The summed E-state index contributed by atoms with van der Waals surface area (Å²) in [7, 11) is 0. The van der Waals surface area contributed by atoms with Crippen LogP contribution < -0.4 is 10.1 Å². The second-order valence-corrected chi connectivity index (χ2v) is 6.30. The highest BCUT2D eigenvalue weighted by molar-refractivity contribution is 5.74. The van der Waals surface area contributed by atoms with E-state index in [-0.39, 0.29) is 6.04 Å². The molecule has 2 aromatic carbocycles. The molecule has 3 N–H and O–H groups in total. The zero-order valence-electron chi connectivity index (χ0n) is 14.1. The molecule has 0 saturated heterocycles. The Morgan fingerprint density at radius 2 is 1.92 bits per heavy atom. The van der Waals surface area contributed by atoms with Crippen LogP contribution in [0.5, 0.6) is 5.75 Å². The molecule has 0 amide bonds. The number of carboxylic acids is 1. The van der Waals surface area contributed by atoms with Gasteiger partial charge in [-0.2, -0.15) is 0 Å². The Morgan fingerprint density at radius 3 is 2.65 bits per heavy atom. The molecule has 0 saturated carbocycles. The number of nitrogens with zero attached hydrogens (tertiary/aromatic N) is 1. The molecule has 26 heavy (non-hydrogen) atoms. The number of aromatic amines is 1. The smallest absolute Gasteiger partial charge is 0.321 e. The summed E-state index contributed by atoms with van der Waals surface area (Å²) < 4.78 is 5.81. The first-order valence-electron chi connectivity index (χ1n) is 8.48. The third kappa shape index (κ3) is 3.32. The van der Waals surface area contributed by atoms with Crippen molar-refractivity contribution in [3.05, 3.63) is 83.4 Å². The number of benzene rings is 2. The average molecular weight is 349 g/mol. The Morgan fingerprint density at radius 1 is 1.15 bits per heavy atom. The van der Waals surface area contributed by atoms with Crippen molar-refractivity contribution in [3.8, 4) is 5.75 Å². The van der Waals surface area contributed by atoms with Crippen LogP contribution in [0.4, 0.5) is 0 Å². The topological polar surface area (TPSA) is 87.2 Å². The van der Waals surface area contributed by atoms with Gasteiger partial charge < -0.3 is 14.8 Å². The van der Waals surface area contributed by atoms with E-state index in [2.05, 4.69) is 15.3 Å². The highest BCUT2D eigenvalue weighted by Gasteiger charge is 2.33. The van der Waals surface area contributed by atoms with E-state index in [0.29, 0.717) is 13.0 Å². The van der Waals surface area contributed by atoms with Crippen LogP contribution in [-0.2, 0) is 17.8 Å². The van der Waals surface area contributed by atoms with E-state index in [1.807, 2.05) is 54.6 Å². The summed E-state index contributed by atoms with van der Waals surface area (Å²) in [4.78, 5) is 18.8. The largest absolute Gasteiger partial charge is 0.489 e. The minimum atomic E-state index is -0.863. The monoisotopic (exact) mass is 349 g/mol. The van der Waals surface area contributed by atoms with Crippen molar-refractivity contribution in [3.63, 3.8) is 0 Å². The van der Waals surface area contributed by atoms with Crippen LogP contribution in [-0.4, -0.2) is 27.1 Å². The molecule has 132 valence electrons. The lowest BCUT2D eigenvalue weighted by Crippen LogP contribution is -2.45. The molecule has 1 aliphatic rings. The lowest BCUT2D eigenvalue weighted by Gasteiger charge is -2.28. The normalized spacial score (nSPS) is 18.9. The third-order valence-corrected chi connectivity index (χ3v) is 4.56. The summed E-state index contributed by atoms with van der Waals surface area (Å²) in [5, 5.41) is 12.5. The minimum absolute atomic E-state index is 0.255. The van der Waals surface area contributed by atoms with Gasteiger partial charge in [-0.05, 0) is 23.3 Å². The van der Waals surface area contributed by atoms with Crippen LogP contribution in [0.2, 0.25) is 0 Å². The molecule has 3 aromatic rings. The number of aromatic nitrogens is 2. The van der Waals surface area contributed by atoms with Gasteiger partial charge >= 0.3 is 5.97 Å². The maximum Gasteiger partial charge on any atom is 0.321 e. The summed E-state index contributed by atoms with van der Waals surface area (Å²) in [6, 6.07) is 16.8. The fourth-order valence-electron chi connectivity index (χ4n) is 3.20. The fraction of sp³-hybridized carbons (Fsp3) is 0.200. The summed E-state index contributed by atoms with van der Waals surface area (Å²) in [6.45, 7) is 0.506. The summed E-state index contributed by atoms with van der Waals surface area (Å²) in [5.74, 6) is -0.0940. The first-order valence-corrected chi connectivity index (χ1v) is 8.48. The van der Waals surface area contributed by atoms with Gasteiger partial charge in [0.25, 0.3) is 0 Å². The Bertz CT molecular complexity index is 890. The quantitative estimate of drug-likeness (QED) is 0.659. The number of carboxylic acid groups (broad SMARTS) is 1. The number of hydrogen-bond acceptors (Lipinski definition) is 4. The average Bonchev–Trinajstić information content (AvgIpc) is 3.15. The second-order valence-electron chi connectivity index (χ2n) is 6.30. The molecule has 2 heterocycles. The van der Waals surface area contributed by atoms with Crippen molar-refractivity contribution in [1.29, 1.82) is 0 Å². The standard InChI is InChI=1S/C20H19N3O3/c24-20(25)17-10-16-19(22-12-21-16)18(23-17)14-6-8-15(9-7-14)26-11-13-4-2-1-3-5-13/h1-9,12,17-18,23H,10-11H2,(H,21,22)(H,24,25). The van der Waals surface area contributed by atoms with Gasteiger partial charge in [0.2, 0.25) is 0 Å². The molecule has 1 aromatic heterocycles. The van der Waals surface area contributed by atoms with Gasteiger partial charge in [-0.15, -0.1) is 0 Å². The fourth-order valence-corrected chi connectivity index (χ4v) is 3.20. The van der Waals surface area contributed by atoms with Crippen LogP contribution >= 0.6 is 0 Å². The van der Waals surface area contributed by atoms with Crippen molar-refractivity contribution in [2.75, 3.05) is 0 Å². The molecular formula is C20H19N3O3. The van der Waals surface area contributed by atoms with E-state index in [9.17, 15) is 9.90 Å². The Kier molecular flexibility index (Phi) is 4.41. The molecule has 1 aliphatic heterocycles. The van der Waals surface area contributed by atoms with E-state index >= 15 is 0 Å². The summed E-state index contributed by atoms with van der Waals surface area (Å²) in [5.41, 5.74) is 3.78. The molecule has 0 fully saturated rings. The predicted octanol–water partition coefficient (Wildman–Crippen LogP) is 2.68. The van der Waals surface area contributed by atoms with Crippen LogP contribution in [0, 0.1) is 0 Å². The number of rotatable bonds is 5. The van der Waals surface area contributed by atoms with Crippen molar-refractivity contribution in [2.24, 2.45) is 0 Å². The summed E-state index contributed by atoms with van der Waals surface area (Å²) in [6.07, 6.45) is 2.01. The molecular weight excluding hydrogens is 330 g/mol. The van der Waals surface area contributed by atoms with Gasteiger partial charge in [0.15, 0.2) is 0 Å². The number of hydrogen-bond donors (Lipinski definition) is 3. The number of nitrogens with one attached hydrogen (secondary N) is 2. The van der Waals surface area contributed by atoms with Gasteiger partial charge in [0.05, 0.1) is 18.1 Å². The van der Waals surface area contributed by atoms with E-state index in [1.165, 1.54) is 0 Å². The molecule has 0 bridgehead atoms. The highest BCUT2D eigenvalue weighted by Crippen LogP contribution is 2.29. The molecule has 2 atom stereocenters. The number of imidazole rings is 1. The van der Waals surface area contributed by atoms with Crippen molar-refractivity contribution >= 4 is 5.97 Å². The zero-order chi connectivity index (χ0) is 17.9. The van der Waals surface area contributed by atoms with Crippen molar-refractivity contribution in [1.82, 2.24) is 15.3 Å². The number of ether oxygens (including phenoxy) is 1. The van der Waals surface area contributed by atoms with Crippen LogP contribution in [0.25, 0.3) is 0 Å². The van der Waals surface area contributed by atoms with Crippen LogP contribution in [0.15, 0.2) is 60.9 Å². The number of aliphatic carboxylic acids is 1. The molecule has 6 nitrogen and oxygen atoms in total. The summed E-state index contributed by atoms with van der Waals surface area (Å²) >= 11 is 0. The van der Waals surface area contributed by atoms with E-state index in [1.54, 1.807) is 6.33 Å². The maximum atomic E-state index is 11.4. The Hall–Kier alpha value is -3.12. The van der Waals surface area contributed by atoms with Gasteiger partial charge in [-0.1, -0.05) is 42.5 Å². The van der Waals surface area contributed by atoms with Crippen LogP contribution in [0.1, 0.15) is 28.6 Å². The molecule has 6 heteroatoms. The van der Waals surface area contributed by atoms with E-state index in [0.717, 1.165) is 28.3 Å². The molecule has 0 radical (unpaired) electrons. The highest BCUT2D eigenvalue weighted by atomic mass is 16.5. The maximum absolute atomic E-state index is 11.4. The van der Waals surface area contributed by atoms with Crippen molar-refractivity contribution in [2.45, 2.75) is 25.1 Å². The predicted molar refractivity (Wildman–Crippen MR) is 95.9 cm³/mol. The molecule has 0 aliphatic carbocycles. The Balaban J connectivity index is 1.50. The molecule has 0 spiro atoms. The number of H-pyrrole nitrogens is 1. The SMILES string of the molecule is O=C(O)C1Cc2[nH]cnc2C(c2ccc(OCc3ccccc3)cc2)N1. The van der Waals surface area contributed by atoms with Gasteiger partial charge in [-0.3, -0.25) is 10.1 Å². The lowest BCUT2D eigenvalue weighted by atomic mass is 9.94. The van der Waals surface area contributed by atoms with Crippen LogP contribution in [0.3, 0.4) is 0 Å². The third-order valence-electron chi connectivity index (χ3n) is 4.56. The van der Waals surface area contributed by atoms with Gasteiger partial charge in [-0.25, -0.2) is 4.98 Å². The molecule has 4 rings (SSSR count). The van der Waals surface area contributed by atoms with Gasteiger partial charge in [0.1, 0.15) is 18.4 Å². The number of carbonyl (C=O) groups is 1. The number of fused-ring (bicyclic) bond motifs is 1. The molecule has 2 unspecified atom stereocenters. The van der Waals surface area contributed by atoms with E-state index < -0.39 is 12.0 Å². The first-order chi connectivity index (χ1) is 12.7. The second kappa shape index (κ2) is 7.01. The lowest BCUT2D eigenvalue weighted by molar-refractivity contribution is -0.139.